The van der Waals surface area contributed by atoms with E-state index in [-0.39, 0.29) is 6.04 Å². The maximum absolute atomic E-state index is 5.92. The SMILES string of the molecule is COc1cccc(NC(CN)c2ccc(C)c(C)c2)c1. The molecule has 0 aromatic heterocycles. The molecule has 2 rings (SSSR count). The summed E-state index contributed by atoms with van der Waals surface area (Å²) in [5.41, 5.74) is 10.7. The van der Waals surface area contributed by atoms with Crippen LogP contribution in [-0.4, -0.2) is 13.7 Å². The largest absolute Gasteiger partial charge is 0.497 e. The second-order valence-corrected chi connectivity index (χ2v) is 5.01. The number of benzene rings is 2. The van der Waals surface area contributed by atoms with Gasteiger partial charge in [0.1, 0.15) is 5.75 Å². The Balaban J connectivity index is 2.21. The van der Waals surface area contributed by atoms with E-state index in [4.69, 9.17) is 10.5 Å². The Morgan fingerprint density at radius 1 is 1.10 bits per heavy atom. The summed E-state index contributed by atoms with van der Waals surface area (Å²) in [6.45, 7) is 4.78. The molecule has 0 aliphatic heterocycles. The zero-order valence-corrected chi connectivity index (χ0v) is 12.3. The third-order valence-electron chi connectivity index (χ3n) is 3.58. The van der Waals surface area contributed by atoms with Crippen LogP contribution in [0, 0.1) is 13.8 Å². The van der Waals surface area contributed by atoms with Crippen LogP contribution in [0.15, 0.2) is 42.5 Å². The molecular weight excluding hydrogens is 248 g/mol. The van der Waals surface area contributed by atoms with Crippen LogP contribution in [0.1, 0.15) is 22.7 Å². The third kappa shape index (κ3) is 3.31. The molecule has 2 aromatic carbocycles. The van der Waals surface area contributed by atoms with Crippen molar-refractivity contribution >= 4 is 5.69 Å². The number of hydrogen-bond donors (Lipinski definition) is 2. The molecule has 0 spiro atoms. The van der Waals surface area contributed by atoms with Crippen LogP contribution in [0.2, 0.25) is 0 Å². The molecule has 106 valence electrons. The molecule has 0 aliphatic rings. The van der Waals surface area contributed by atoms with Crippen LogP contribution in [-0.2, 0) is 0 Å². The minimum absolute atomic E-state index is 0.0985. The van der Waals surface area contributed by atoms with Gasteiger partial charge in [0.25, 0.3) is 0 Å². The Kier molecular flexibility index (Phi) is 4.64. The summed E-state index contributed by atoms with van der Waals surface area (Å²) >= 11 is 0. The smallest absolute Gasteiger partial charge is 0.120 e. The van der Waals surface area contributed by atoms with E-state index in [0.29, 0.717) is 6.54 Å². The van der Waals surface area contributed by atoms with Crippen LogP contribution in [0.25, 0.3) is 0 Å². The Morgan fingerprint density at radius 3 is 2.55 bits per heavy atom. The molecule has 0 heterocycles. The highest BCUT2D eigenvalue weighted by molar-refractivity contribution is 5.50. The van der Waals surface area contributed by atoms with Gasteiger partial charge >= 0.3 is 0 Å². The fourth-order valence-electron chi connectivity index (χ4n) is 2.17. The van der Waals surface area contributed by atoms with E-state index in [1.54, 1.807) is 7.11 Å². The van der Waals surface area contributed by atoms with Crippen LogP contribution in [0.4, 0.5) is 5.69 Å². The summed E-state index contributed by atoms with van der Waals surface area (Å²) in [5, 5.41) is 3.46. The zero-order chi connectivity index (χ0) is 14.5. The van der Waals surface area contributed by atoms with Crippen molar-refractivity contribution in [2.45, 2.75) is 19.9 Å². The molecule has 0 fully saturated rings. The summed E-state index contributed by atoms with van der Waals surface area (Å²) < 4.78 is 5.24. The highest BCUT2D eigenvalue weighted by atomic mass is 16.5. The number of anilines is 1. The molecule has 3 heteroatoms. The zero-order valence-electron chi connectivity index (χ0n) is 12.3. The van der Waals surface area contributed by atoms with Gasteiger partial charge in [-0.1, -0.05) is 24.3 Å². The van der Waals surface area contributed by atoms with Crippen molar-refractivity contribution in [2.24, 2.45) is 5.73 Å². The molecule has 1 atom stereocenters. The molecule has 0 amide bonds. The molecule has 20 heavy (non-hydrogen) atoms. The molecule has 1 unspecified atom stereocenters. The minimum Gasteiger partial charge on any atom is -0.497 e. The predicted molar refractivity (Wildman–Crippen MR) is 84.3 cm³/mol. The summed E-state index contributed by atoms with van der Waals surface area (Å²) in [5.74, 6) is 0.839. The first kappa shape index (κ1) is 14.4. The van der Waals surface area contributed by atoms with Crippen molar-refractivity contribution in [1.29, 1.82) is 0 Å². The number of methoxy groups -OCH3 is 1. The maximum Gasteiger partial charge on any atom is 0.120 e. The van der Waals surface area contributed by atoms with E-state index in [2.05, 4.69) is 37.4 Å². The second-order valence-electron chi connectivity index (χ2n) is 5.01. The molecule has 0 bridgehead atoms. The molecule has 0 saturated heterocycles. The summed E-state index contributed by atoms with van der Waals surface area (Å²) in [6, 6.07) is 14.5. The average Bonchev–Trinajstić information content (AvgIpc) is 2.48. The number of rotatable bonds is 5. The van der Waals surface area contributed by atoms with Gasteiger partial charge in [-0.2, -0.15) is 0 Å². The molecule has 0 radical (unpaired) electrons. The first-order valence-corrected chi connectivity index (χ1v) is 6.82. The predicted octanol–water partition coefficient (Wildman–Crippen LogP) is 3.42. The lowest BCUT2D eigenvalue weighted by Crippen LogP contribution is -2.20. The topological polar surface area (TPSA) is 47.3 Å². The molecular formula is C17H22N2O. The van der Waals surface area contributed by atoms with Gasteiger partial charge in [0, 0.05) is 18.3 Å². The highest BCUT2D eigenvalue weighted by Crippen LogP contribution is 2.23. The van der Waals surface area contributed by atoms with Crippen molar-refractivity contribution < 1.29 is 4.74 Å². The van der Waals surface area contributed by atoms with Crippen LogP contribution in [0.3, 0.4) is 0 Å². The van der Waals surface area contributed by atoms with Crippen molar-refractivity contribution in [3.05, 3.63) is 59.2 Å². The monoisotopic (exact) mass is 270 g/mol. The second kappa shape index (κ2) is 6.44. The van der Waals surface area contributed by atoms with Gasteiger partial charge in [0.2, 0.25) is 0 Å². The molecule has 3 N–H and O–H groups in total. The lowest BCUT2D eigenvalue weighted by atomic mass is 10.0. The lowest BCUT2D eigenvalue weighted by molar-refractivity contribution is 0.415. The molecule has 3 nitrogen and oxygen atoms in total. The Bertz CT molecular complexity index is 581. The van der Waals surface area contributed by atoms with Crippen molar-refractivity contribution in [3.8, 4) is 5.75 Å². The van der Waals surface area contributed by atoms with Crippen LogP contribution < -0.4 is 15.8 Å². The van der Waals surface area contributed by atoms with E-state index < -0.39 is 0 Å². The number of nitrogens with two attached hydrogens (primary N) is 1. The standard InChI is InChI=1S/C17H22N2O/c1-12-7-8-14(9-13(12)2)17(11-18)19-15-5-4-6-16(10-15)20-3/h4-10,17,19H,11,18H2,1-3H3. The van der Waals surface area contributed by atoms with E-state index in [1.807, 2.05) is 24.3 Å². The third-order valence-corrected chi connectivity index (χ3v) is 3.58. The van der Waals surface area contributed by atoms with Gasteiger partial charge < -0.3 is 15.8 Å². The summed E-state index contributed by atoms with van der Waals surface area (Å²) in [7, 11) is 1.67. The molecule has 0 aliphatic carbocycles. The fourth-order valence-corrected chi connectivity index (χ4v) is 2.17. The Labute approximate surface area is 120 Å². The summed E-state index contributed by atoms with van der Waals surface area (Å²) in [6.07, 6.45) is 0. The first-order valence-electron chi connectivity index (χ1n) is 6.82. The minimum atomic E-state index is 0.0985. The van der Waals surface area contributed by atoms with E-state index in [0.717, 1.165) is 11.4 Å². The average molecular weight is 270 g/mol. The van der Waals surface area contributed by atoms with Gasteiger partial charge in [-0.25, -0.2) is 0 Å². The first-order chi connectivity index (χ1) is 9.63. The fraction of sp³-hybridized carbons (Fsp3) is 0.294. The quantitative estimate of drug-likeness (QED) is 0.875. The highest BCUT2D eigenvalue weighted by Gasteiger charge is 2.10. The van der Waals surface area contributed by atoms with Gasteiger partial charge in [0.15, 0.2) is 0 Å². The van der Waals surface area contributed by atoms with Crippen molar-refractivity contribution in [3.63, 3.8) is 0 Å². The van der Waals surface area contributed by atoms with Gasteiger partial charge in [-0.15, -0.1) is 0 Å². The van der Waals surface area contributed by atoms with E-state index >= 15 is 0 Å². The number of ether oxygens (including phenoxy) is 1. The van der Waals surface area contributed by atoms with E-state index in [9.17, 15) is 0 Å². The Morgan fingerprint density at radius 2 is 1.90 bits per heavy atom. The van der Waals surface area contributed by atoms with Gasteiger partial charge in [-0.3, -0.25) is 0 Å². The Hall–Kier alpha value is -2.00. The summed E-state index contributed by atoms with van der Waals surface area (Å²) in [4.78, 5) is 0. The van der Waals surface area contributed by atoms with Crippen molar-refractivity contribution in [1.82, 2.24) is 0 Å². The van der Waals surface area contributed by atoms with Gasteiger partial charge in [-0.05, 0) is 42.7 Å². The van der Waals surface area contributed by atoms with Crippen LogP contribution in [0.5, 0.6) is 5.75 Å². The number of hydrogen-bond acceptors (Lipinski definition) is 3. The van der Waals surface area contributed by atoms with E-state index in [1.165, 1.54) is 16.7 Å². The van der Waals surface area contributed by atoms with Crippen LogP contribution >= 0.6 is 0 Å². The van der Waals surface area contributed by atoms with Gasteiger partial charge in [0.05, 0.1) is 13.2 Å². The van der Waals surface area contributed by atoms with Crippen molar-refractivity contribution in [2.75, 3.05) is 19.0 Å². The maximum atomic E-state index is 5.92. The number of aryl methyl sites for hydroxylation is 2. The lowest BCUT2D eigenvalue weighted by Gasteiger charge is -2.20. The number of nitrogens with one attached hydrogen (secondary N) is 1. The molecule has 0 saturated carbocycles. The molecule has 2 aromatic rings. The normalized spacial score (nSPS) is 12.0.